The highest BCUT2D eigenvalue weighted by molar-refractivity contribution is 5.85. The van der Waals surface area contributed by atoms with Gasteiger partial charge >= 0.3 is 5.97 Å². The topological polar surface area (TPSA) is 55.4 Å². The van der Waals surface area contributed by atoms with Crippen molar-refractivity contribution in [1.29, 1.82) is 0 Å². The summed E-state index contributed by atoms with van der Waals surface area (Å²) in [5.41, 5.74) is 3.96. The fourth-order valence-electron chi connectivity index (χ4n) is 3.76. The van der Waals surface area contributed by atoms with Gasteiger partial charge in [0, 0.05) is 0 Å². The van der Waals surface area contributed by atoms with Crippen LogP contribution in [0.5, 0.6) is 0 Å². The minimum absolute atomic E-state index is 0.173. The van der Waals surface area contributed by atoms with E-state index in [0.717, 1.165) is 23.1 Å². The van der Waals surface area contributed by atoms with Crippen molar-refractivity contribution in [2.75, 3.05) is 6.61 Å². The number of ether oxygens (including phenoxy) is 1. The second-order valence-corrected chi connectivity index (χ2v) is 8.49. The minimum Gasteiger partial charge on any atom is -0.455 e. The van der Waals surface area contributed by atoms with Gasteiger partial charge in [-0.25, -0.2) is 0 Å². The third-order valence-electron chi connectivity index (χ3n) is 5.35. The molecule has 0 aliphatic rings. The maximum atomic E-state index is 12.9. The third-order valence-corrected chi connectivity index (χ3v) is 5.35. The zero-order valence-electron chi connectivity index (χ0n) is 19.0. The number of amides is 1. The van der Waals surface area contributed by atoms with E-state index in [1.54, 1.807) is 0 Å². The Morgan fingerprint density at radius 1 is 0.750 bits per heavy atom. The van der Waals surface area contributed by atoms with Crippen molar-refractivity contribution in [3.05, 3.63) is 107 Å². The molecular weight excluding hydrogens is 398 g/mol. The number of rotatable bonds is 9. The first-order valence-electron chi connectivity index (χ1n) is 11.1. The Bertz CT molecular complexity index is 958. The molecule has 0 saturated heterocycles. The number of hydrogen-bond acceptors (Lipinski definition) is 3. The predicted molar refractivity (Wildman–Crippen MR) is 127 cm³/mol. The smallest absolute Gasteiger partial charge is 0.318 e. The lowest BCUT2D eigenvalue weighted by Crippen LogP contribution is -2.32. The van der Waals surface area contributed by atoms with Crippen molar-refractivity contribution in [1.82, 2.24) is 5.32 Å². The SMILES string of the molecule is CC(C)Cc1ccc([C@H](C)NC(=O)COC(=O)C(c2ccccc2)c2ccccc2)cc1. The van der Waals surface area contributed by atoms with Crippen LogP contribution in [0.4, 0.5) is 0 Å². The first-order valence-corrected chi connectivity index (χ1v) is 11.1. The van der Waals surface area contributed by atoms with Gasteiger partial charge in [-0.2, -0.15) is 0 Å². The molecule has 1 N–H and O–H groups in total. The van der Waals surface area contributed by atoms with E-state index < -0.39 is 11.9 Å². The zero-order chi connectivity index (χ0) is 22.9. The maximum absolute atomic E-state index is 12.9. The summed E-state index contributed by atoms with van der Waals surface area (Å²) in [6.45, 7) is 6.00. The summed E-state index contributed by atoms with van der Waals surface area (Å²) in [7, 11) is 0. The number of nitrogens with one attached hydrogen (secondary N) is 1. The molecule has 0 radical (unpaired) electrons. The normalized spacial score (nSPS) is 11.9. The molecule has 0 bridgehead atoms. The van der Waals surface area contributed by atoms with E-state index in [9.17, 15) is 9.59 Å². The minimum atomic E-state index is -0.573. The van der Waals surface area contributed by atoms with Crippen LogP contribution in [0.25, 0.3) is 0 Å². The summed E-state index contributed by atoms with van der Waals surface area (Å²) in [6, 6.07) is 27.0. The molecule has 166 valence electrons. The van der Waals surface area contributed by atoms with Crippen LogP contribution in [0, 0.1) is 5.92 Å². The Labute approximate surface area is 190 Å². The van der Waals surface area contributed by atoms with Crippen LogP contribution in [0.2, 0.25) is 0 Å². The largest absolute Gasteiger partial charge is 0.455 e. The Balaban J connectivity index is 1.59. The van der Waals surface area contributed by atoms with Crippen LogP contribution >= 0.6 is 0 Å². The van der Waals surface area contributed by atoms with Crippen molar-refractivity contribution >= 4 is 11.9 Å². The van der Waals surface area contributed by atoms with Crippen molar-refractivity contribution < 1.29 is 14.3 Å². The third kappa shape index (κ3) is 6.55. The molecule has 0 spiro atoms. The standard InChI is InChI=1S/C28H31NO3/c1-20(2)18-22-14-16-23(17-15-22)21(3)29-26(30)19-32-28(31)27(24-10-6-4-7-11-24)25-12-8-5-9-13-25/h4-17,20-21,27H,18-19H2,1-3H3,(H,29,30)/t21-/m0/s1. The Kier molecular flexibility index (Phi) is 8.20. The molecule has 0 heterocycles. The molecule has 0 unspecified atom stereocenters. The summed E-state index contributed by atoms with van der Waals surface area (Å²) in [5.74, 6) is -0.736. The van der Waals surface area contributed by atoms with Gasteiger partial charge in [0.15, 0.2) is 6.61 Å². The van der Waals surface area contributed by atoms with E-state index in [-0.39, 0.29) is 18.6 Å². The summed E-state index contributed by atoms with van der Waals surface area (Å²) in [4.78, 5) is 25.4. The zero-order valence-corrected chi connectivity index (χ0v) is 19.0. The first-order chi connectivity index (χ1) is 15.4. The molecule has 32 heavy (non-hydrogen) atoms. The first kappa shape index (κ1) is 23.3. The molecule has 1 amide bonds. The van der Waals surface area contributed by atoms with Crippen molar-refractivity contribution in [2.45, 2.75) is 39.2 Å². The van der Waals surface area contributed by atoms with Gasteiger partial charge in [0.1, 0.15) is 5.92 Å². The molecule has 3 rings (SSSR count). The van der Waals surface area contributed by atoms with Gasteiger partial charge in [0.25, 0.3) is 5.91 Å². The van der Waals surface area contributed by atoms with E-state index in [1.807, 2.05) is 79.7 Å². The van der Waals surface area contributed by atoms with E-state index in [4.69, 9.17) is 4.74 Å². The van der Waals surface area contributed by atoms with E-state index >= 15 is 0 Å². The second-order valence-electron chi connectivity index (χ2n) is 8.49. The monoisotopic (exact) mass is 429 g/mol. The van der Waals surface area contributed by atoms with E-state index in [2.05, 4.69) is 31.3 Å². The molecular formula is C28H31NO3. The fourth-order valence-corrected chi connectivity index (χ4v) is 3.76. The molecule has 0 aromatic heterocycles. The van der Waals surface area contributed by atoms with Gasteiger partial charge in [-0.15, -0.1) is 0 Å². The van der Waals surface area contributed by atoms with Crippen LogP contribution in [-0.2, 0) is 20.7 Å². The van der Waals surface area contributed by atoms with Gasteiger partial charge in [0.2, 0.25) is 0 Å². The van der Waals surface area contributed by atoms with Crippen LogP contribution in [0.1, 0.15) is 55.0 Å². The fraction of sp³-hybridized carbons (Fsp3) is 0.286. The molecule has 0 fully saturated rings. The summed E-state index contributed by atoms with van der Waals surface area (Å²) in [5, 5.41) is 2.91. The molecule has 0 aliphatic carbocycles. The van der Waals surface area contributed by atoms with Gasteiger partial charge in [-0.05, 0) is 41.5 Å². The molecule has 1 atom stereocenters. The quantitative estimate of drug-likeness (QED) is 0.461. The lowest BCUT2D eigenvalue weighted by Gasteiger charge is -2.18. The van der Waals surface area contributed by atoms with Crippen LogP contribution in [0.15, 0.2) is 84.9 Å². The molecule has 3 aromatic carbocycles. The van der Waals surface area contributed by atoms with Gasteiger partial charge < -0.3 is 10.1 Å². The van der Waals surface area contributed by atoms with Crippen LogP contribution in [-0.4, -0.2) is 18.5 Å². The molecule has 4 heteroatoms. The van der Waals surface area contributed by atoms with Crippen molar-refractivity contribution in [3.63, 3.8) is 0 Å². The molecule has 4 nitrogen and oxygen atoms in total. The van der Waals surface area contributed by atoms with Gasteiger partial charge in [0.05, 0.1) is 6.04 Å². The Morgan fingerprint density at radius 2 is 1.28 bits per heavy atom. The predicted octanol–water partition coefficient (Wildman–Crippen LogP) is 5.44. The number of esters is 1. The number of carbonyl (C=O) groups excluding carboxylic acids is 2. The van der Waals surface area contributed by atoms with Gasteiger partial charge in [-0.1, -0.05) is 98.8 Å². The summed E-state index contributed by atoms with van der Waals surface area (Å²) >= 11 is 0. The number of benzene rings is 3. The highest BCUT2D eigenvalue weighted by Gasteiger charge is 2.25. The lowest BCUT2D eigenvalue weighted by atomic mass is 9.91. The Hall–Kier alpha value is -3.40. The summed E-state index contributed by atoms with van der Waals surface area (Å²) < 4.78 is 5.42. The van der Waals surface area contributed by atoms with Crippen LogP contribution < -0.4 is 5.32 Å². The highest BCUT2D eigenvalue weighted by atomic mass is 16.5. The maximum Gasteiger partial charge on any atom is 0.318 e. The average Bonchev–Trinajstić information content (AvgIpc) is 2.79. The number of hydrogen-bond donors (Lipinski definition) is 1. The summed E-state index contributed by atoms with van der Waals surface area (Å²) in [6.07, 6.45) is 1.03. The molecule has 3 aromatic rings. The molecule has 0 aliphatic heterocycles. The van der Waals surface area contributed by atoms with Crippen LogP contribution in [0.3, 0.4) is 0 Å². The lowest BCUT2D eigenvalue weighted by molar-refractivity contribution is -0.149. The van der Waals surface area contributed by atoms with E-state index in [1.165, 1.54) is 5.56 Å². The van der Waals surface area contributed by atoms with E-state index in [0.29, 0.717) is 5.92 Å². The van der Waals surface area contributed by atoms with Gasteiger partial charge in [-0.3, -0.25) is 9.59 Å². The number of carbonyl (C=O) groups is 2. The van der Waals surface area contributed by atoms with Crippen molar-refractivity contribution in [2.24, 2.45) is 5.92 Å². The highest BCUT2D eigenvalue weighted by Crippen LogP contribution is 2.26. The van der Waals surface area contributed by atoms with Crippen molar-refractivity contribution in [3.8, 4) is 0 Å². The molecule has 0 saturated carbocycles. The average molecular weight is 430 g/mol. The Morgan fingerprint density at radius 3 is 1.78 bits per heavy atom. The second kappa shape index (κ2) is 11.3.